The van der Waals surface area contributed by atoms with Crippen LogP contribution in [0.25, 0.3) is 0 Å². The number of pyridine rings is 1. The molecule has 0 saturated carbocycles. The standard InChI is InChI=1S/C21H30N6O2.2ClH/c1-15-6-14-26(16-3-9-22-10-4-16)21(29)19(15)20(28)24-18-5-11-23-27(18)17-7-12-25(2)13-8-17;;/h5-6,11,14,16-17,22H,3-4,7-10,12-13H2,1-2H3,(H,24,28);2*1H. The lowest BCUT2D eigenvalue weighted by atomic mass is 10.0. The third-order valence-corrected chi connectivity index (χ3v) is 6.20. The zero-order valence-corrected chi connectivity index (χ0v) is 19.7. The molecule has 0 unspecified atom stereocenters. The monoisotopic (exact) mass is 470 g/mol. The molecule has 31 heavy (non-hydrogen) atoms. The Morgan fingerprint density at radius 1 is 1.10 bits per heavy atom. The molecule has 2 aromatic heterocycles. The first-order chi connectivity index (χ1) is 14.0. The molecular formula is C21H32Cl2N6O2. The number of piperidine rings is 2. The Kier molecular flexibility index (Phi) is 9.12. The molecule has 0 bridgehead atoms. The molecule has 0 aliphatic carbocycles. The number of halogens is 2. The molecule has 4 heterocycles. The Labute approximate surface area is 195 Å². The molecule has 2 saturated heterocycles. The molecule has 0 atom stereocenters. The van der Waals surface area contributed by atoms with E-state index >= 15 is 0 Å². The number of hydrogen-bond acceptors (Lipinski definition) is 5. The largest absolute Gasteiger partial charge is 0.317 e. The van der Waals surface area contributed by atoms with Crippen LogP contribution in [-0.4, -0.2) is 58.4 Å². The topological polar surface area (TPSA) is 84.2 Å². The molecule has 0 radical (unpaired) electrons. The Morgan fingerprint density at radius 3 is 2.45 bits per heavy atom. The van der Waals surface area contributed by atoms with Crippen molar-refractivity contribution in [1.29, 1.82) is 0 Å². The smallest absolute Gasteiger partial charge is 0.263 e. The van der Waals surface area contributed by atoms with Gasteiger partial charge in [-0.3, -0.25) is 9.59 Å². The summed E-state index contributed by atoms with van der Waals surface area (Å²) in [5, 5.41) is 10.7. The number of carbonyl (C=O) groups is 1. The molecular weight excluding hydrogens is 439 g/mol. The van der Waals surface area contributed by atoms with Gasteiger partial charge in [0.05, 0.1) is 12.2 Å². The number of nitrogens with zero attached hydrogens (tertiary/aromatic N) is 4. The normalized spacial score (nSPS) is 18.1. The molecule has 2 N–H and O–H groups in total. The summed E-state index contributed by atoms with van der Waals surface area (Å²) >= 11 is 0. The summed E-state index contributed by atoms with van der Waals surface area (Å²) < 4.78 is 3.63. The number of rotatable bonds is 4. The number of carbonyl (C=O) groups excluding carboxylic acids is 1. The quantitative estimate of drug-likeness (QED) is 0.717. The zero-order valence-electron chi connectivity index (χ0n) is 18.0. The average molecular weight is 471 g/mol. The van der Waals surface area contributed by atoms with Gasteiger partial charge in [0.15, 0.2) is 0 Å². The lowest BCUT2D eigenvalue weighted by molar-refractivity contribution is 0.102. The summed E-state index contributed by atoms with van der Waals surface area (Å²) in [6.45, 7) is 5.62. The highest BCUT2D eigenvalue weighted by atomic mass is 35.5. The van der Waals surface area contributed by atoms with Crippen LogP contribution in [0.4, 0.5) is 5.82 Å². The SMILES string of the molecule is Cc1ccn(C2CCNCC2)c(=O)c1C(=O)Nc1ccnn1C1CCN(C)CC1.Cl.Cl. The van der Waals surface area contributed by atoms with E-state index < -0.39 is 0 Å². The molecule has 10 heteroatoms. The predicted octanol–water partition coefficient (Wildman–Crippen LogP) is 2.64. The van der Waals surface area contributed by atoms with Gasteiger partial charge in [0.1, 0.15) is 11.4 Å². The van der Waals surface area contributed by atoms with Gasteiger partial charge >= 0.3 is 0 Å². The van der Waals surface area contributed by atoms with Crippen molar-refractivity contribution in [3.8, 4) is 0 Å². The fourth-order valence-electron chi connectivity index (χ4n) is 4.41. The van der Waals surface area contributed by atoms with Crippen LogP contribution in [0.1, 0.15) is 53.7 Å². The van der Waals surface area contributed by atoms with Gasteiger partial charge in [0.2, 0.25) is 0 Å². The molecule has 2 fully saturated rings. The maximum absolute atomic E-state index is 13.1. The second-order valence-electron chi connectivity index (χ2n) is 8.22. The van der Waals surface area contributed by atoms with Gasteiger partial charge in [-0.05, 0) is 77.5 Å². The summed E-state index contributed by atoms with van der Waals surface area (Å²) in [5.74, 6) is 0.297. The zero-order chi connectivity index (χ0) is 20.4. The Bertz CT molecular complexity index is 930. The molecule has 2 aromatic rings. The second-order valence-corrected chi connectivity index (χ2v) is 8.22. The van der Waals surface area contributed by atoms with E-state index in [2.05, 4.69) is 27.7 Å². The fraction of sp³-hybridized carbons (Fsp3) is 0.571. The van der Waals surface area contributed by atoms with E-state index in [-0.39, 0.29) is 53.9 Å². The Hall–Kier alpha value is -1.87. The molecule has 1 amide bonds. The summed E-state index contributed by atoms with van der Waals surface area (Å²) in [6.07, 6.45) is 7.31. The van der Waals surface area contributed by atoms with Crippen LogP contribution in [0.5, 0.6) is 0 Å². The minimum absolute atomic E-state index is 0. The molecule has 0 spiro atoms. The number of amides is 1. The summed E-state index contributed by atoms with van der Waals surface area (Å²) in [5.41, 5.74) is 0.713. The number of anilines is 1. The summed E-state index contributed by atoms with van der Waals surface area (Å²) in [7, 11) is 2.12. The third-order valence-electron chi connectivity index (χ3n) is 6.20. The first-order valence-corrected chi connectivity index (χ1v) is 10.5. The van der Waals surface area contributed by atoms with Crippen molar-refractivity contribution < 1.29 is 4.79 Å². The summed E-state index contributed by atoms with van der Waals surface area (Å²) in [6, 6.07) is 4.08. The van der Waals surface area contributed by atoms with Crippen LogP contribution in [0.3, 0.4) is 0 Å². The van der Waals surface area contributed by atoms with E-state index in [0.717, 1.165) is 51.9 Å². The highest BCUT2D eigenvalue weighted by Crippen LogP contribution is 2.25. The van der Waals surface area contributed by atoms with Crippen molar-refractivity contribution in [1.82, 2.24) is 24.6 Å². The highest BCUT2D eigenvalue weighted by molar-refractivity contribution is 6.04. The van der Waals surface area contributed by atoms with Gasteiger partial charge in [-0.25, -0.2) is 4.68 Å². The first-order valence-electron chi connectivity index (χ1n) is 10.5. The van der Waals surface area contributed by atoms with Gasteiger partial charge in [-0.2, -0.15) is 5.10 Å². The molecule has 2 aliphatic rings. The van der Waals surface area contributed by atoms with Crippen molar-refractivity contribution in [2.45, 2.75) is 44.7 Å². The molecule has 2 aliphatic heterocycles. The maximum Gasteiger partial charge on any atom is 0.263 e. The van der Waals surface area contributed by atoms with Gasteiger partial charge < -0.3 is 20.1 Å². The number of aryl methyl sites for hydroxylation is 1. The highest BCUT2D eigenvalue weighted by Gasteiger charge is 2.24. The van der Waals surface area contributed by atoms with E-state index in [4.69, 9.17) is 0 Å². The lowest BCUT2D eigenvalue weighted by Gasteiger charge is -2.30. The number of aromatic nitrogens is 3. The van der Waals surface area contributed by atoms with Crippen molar-refractivity contribution in [2.24, 2.45) is 0 Å². The Morgan fingerprint density at radius 2 is 1.77 bits per heavy atom. The fourth-order valence-corrected chi connectivity index (χ4v) is 4.41. The van der Waals surface area contributed by atoms with E-state index in [1.807, 2.05) is 23.9 Å². The first kappa shape index (κ1) is 25.4. The third kappa shape index (κ3) is 5.49. The van der Waals surface area contributed by atoms with Crippen LogP contribution >= 0.6 is 24.8 Å². The number of likely N-dealkylation sites (tertiary alicyclic amines) is 1. The van der Waals surface area contributed by atoms with Crippen LogP contribution in [0.15, 0.2) is 29.3 Å². The van der Waals surface area contributed by atoms with Crippen molar-refractivity contribution >= 4 is 36.5 Å². The number of nitrogens with one attached hydrogen (secondary N) is 2. The minimum atomic E-state index is -0.356. The molecule has 8 nitrogen and oxygen atoms in total. The maximum atomic E-state index is 13.1. The predicted molar refractivity (Wildman–Crippen MR) is 127 cm³/mol. The van der Waals surface area contributed by atoms with Crippen molar-refractivity contribution in [3.63, 3.8) is 0 Å². The Balaban J connectivity index is 0.00000171. The van der Waals surface area contributed by atoms with Gasteiger partial charge in [0.25, 0.3) is 11.5 Å². The number of hydrogen-bond donors (Lipinski definition) is 2. The summed E-state index contributed by atoms with van der Waals surface area (Å²) in [4.78, 5) is 28.5. The van der Waals surface area contributed by atoms with Crippen molar-refractivity contribution in [2.75, 3.05) is 38.5 Å². The molecule has 172 valence electrons. The lowest BCUT2D eigenvalue weighted by Crippen LogP contribution is -2.37. The van der Waals surface area contributed by atoms with E-state index in [1.54, 1.807) is 16.8 Å². The minimum Gasteiger partial charge on any atom is -0.317 e. The second kappa shape index (κ2) is 11.1. The van der Waals surface area contributed by atoms with Crippen molar-refractivity contribution in [3.05, 3.63) is 46.0 Å². The van der Waals surface area contributed by atoms with Crippen LogP contribution in [-0.2, 0) is 0 Å². The van der Waals surface area contributed by atoms with E-state index in [1.165, 1.54) is 0 Å². The van der Waals surface area contributed by atoms with Gasteiger partial charge in [0, 0.05) is 18.3 Å². The van der Waals surface area contributed by atoms with Crippen LogP contribution in [0.2, 0.25) is 0 Å². The van der Waals surface area contributed by atoms with E-state index in [0.29, 0.717) is 11.4 Å². The van der Waals surface area contributed by atoms with Gasteiger partial charge in [-0.15, -0.1) is 24.8 Å². The van der Waals surface area contributed by atoms with Crippen LogP contribution < -0.4 is 16.2 Å². The molecule has 4 rings (SSSR count). The van der Waals surface area contributed by atoms with E-state index in [9.17, 15) is 9.59 Å². The van der Waals surface area contributed by atoms with Crippen LogP contribution in [0, 0.1) is 6.92 Å². The average Bonchev–Trinajstić information content (AvgIpc) is 3.17. The van der Waals surface area contributed by atoms with Gasteiger partial charge in [-0.1, -0.05) is 0 Å². The molecule has 0 aromatic carbocycles.